The number of nitrogens with zero attached hydrogens (tertiary/aromatic N) is 1. The van der Waals surface area contributed by atoms with Gasteiger partial charge in [0.05, 0.1) is 11.7 Å². The molecule has 0 aromatic heterocycles. The number of allylic oxidation sites excluding steroid dienone is 1. The zero-order valence-corrected chi connectivity index (χ0v) is 8.71. The maximum Gasteiger partial charge on any atom is 0.220 e. The van der Waals surface area contributed by atoms with Crippen molar-refractivity contribution >= 4 is 12.1 Å². The molecule has 0 radical (unpaired) electrons. The fourth-order valence-corrected chi connectivity index (χ4v) is 1.17. The Labute approximate surface area is 84.5 Å². The van der Waals surface area contributed by atoms with Gasteiger partial charge in [-0.25, -0.2) is 0 Å². The summed E-state index contributed by atoms with van der Waals surface area (Å²) in [7, 11) is 0. The lowest BCUT2D eigenvalue weighted by Gasteiger charge is -2.16. The molecule has 14 heavy (non-hydrogen) atoms. The molecule has 0 spiro atoms. The molecule has 2 N–H and O–H groups in total. The van der Waals surface area contributed by atoms with Crippen molar-refractivity contribution in [2.75, 3.05) is 6.54 Å². The molecule has 78 valence electrons. The second-order valence-electron chi connectivity index (χ2n) is 3.39. The number of carbonyl (C=O) groups excluding carboxylic acids is 1. The standard InChI is InChI=1S/C10H17N3O/c1-3-4-10(14)13-7-9-6-11-8(2)5-12-9/h5-6,9,12H,3-4,7H2,1-2H3,(H,13,14). The van der Waals surface area contributed by atoms with Gasteiger partial charge >= 0.3 is 0 Å². The topological polar surface area (TPSA) is 53.5 Å². The molecule has 1 aliphatic heterocycles. The van der Waals surface area contributed by atoms with Gasteiger partial charge in [0.1, 0.15) is 0 Å². The monoisotopic (exact) mass is 195 g/mol. The SMILES string of the molecule is CCCC(=O)NCC1C=NC(C)=CN1. The summed E-state index contributed by atoms with van der Waals surface area (Å²) in [6, 6.07) is 0.125. The van der Waals surface area contributed by atoms with Crippen LogP contribution >= 0.6 is 0 Å². The largest absolute Gasteiger partial charge is 0.380 e. The van der Waals surface area contributed by atoms with Crippen molar-refractivity contribution in [2.24, 2.45) is 4.99 Å². The quantitative estimate of drug-likeness (QED) is 0.697. The summed E-state index contributed by atoms with van der Waals surface area (Å²) >= 11 is 0. The molecular weight excluding hydrogens is 178 g/mol. The molecule has 0 aromatic carbocycles. The van der Waals surface area contributed by atoms with Crippen molar-refractivity contribution in [3.63, 3.8) is 0 Å². The molecule has 0 aliphatic carbocycles. The third-order valence-corrected chi connectivity index (χ3v) is 1.96. The molecule has 1 amide bonds. The molecule has 1 aliphatic rings. The lowest BCUT2D eigenvalue weighted by molar-refractivity contribution is -0.121. The first kappa shape index (κ1) is 10.8. The maximum absolute atomic E-state index is 11.2. The summed E-state index contributed by atoms with van der Waals surface area (Å²) in [6.45, 7) is 4.52. The predicted octanol–water partition coefficient (Wildman–Crippen LogP) is 0.807. The van der Waals surface area contributed by atoms with Crippen LogP contribution in [0.3, 0.4) is 0 Å². The Morgan fingerprint density at radius 3 is 3.07 bits per heavy atom. The highest BCUT2D eigenvalue weighted by Crippen LogP contribution is 1.97. The van der Waals surface area contributed by atoms with E-state index in [4.69, 9.17) is 0 Å². The van der Waals surface area contributed by atoms with Crippen LogP contribution in [-0.2, 0) is 4.79 Å². The van der Waals surface area contributed by atoms with Crippen LogP contribution in [0.5, 0.6) is 0 Å². The Balaban J connectivity index is 2.21. The van der Waals surface area contributed by atoms with Gasteiger partial charge in [0, 0.05) is 25.4 Å². The molecule has 4 nitrogen and oxygen atoms in total. The minimum Gasteiger partial charge on any atom is -0.380 e. The van der Waals surface area contributed by atoms with Crippen molar-refractivity contribution in [2.45, 2.75) is 32.7 Å². The molecule has 0 saturated heterocycles. The minimum absolute atomic E-state index is 0.106. The zero-order chi connectivity index (χ0) is 10.4. The van der Waals surface area contributed by atoms with E-state index in [0.717, 1.165) is 12.1 Å². The van der Waals surface area contributed by atoms with Gasteiger partial charge < -0.3 is 10.6 Å². The lowest BCUT2D eigenvalue weighted by Crippen LogP contribution is -2.40. The predicted molar refractivity (Wildman–Crippen MR) is 57.1 cm³/mol. The summed E-state index contributed by atoms with van der Waals surface area (Å²) in [6.07, 6.45) is 5.16. The van der Waals surface area contributed by atoms with Gasteiger partial charge in [-0.2, -0.15) is 0 Å². The van der Waals surface area contributed by atoms with Gasteiger partial charge in [-0.3, -0.25) is 9.79 Å². The van der Waals surface area contributed by atoms with E-state index in [1.165, 1.54) is 0 Å². The van der Waals surface area contributed by atoms with Crippen LogP contribution in [-0.4, -0.2) is 24.7 Å². The van der Waals surface area contributed by atoms with Crippen molar-refractivity contribution < 1.29 is 4.79 Å². The average molecular weight is 195 g/mol. The smallest absolute Gasteiger partial charge is 0.220 e. The fourth-order valence-electron chi connectivity index (χ4n) is 1.17. The molecule has 4 heteroatoms. The van der Waals surface area contributed by atoms with Gasteiger partial charge in [-0.15, -0.1) is 0 Å². The molecule has 0 saturated carbocycles. The van der Waals surface area contributed by atoms with Crippen molar-refractivity contribution in [3.8, 4) is 0 Å². The summed E-state index contributed by atoms with van der Waals surface area (Å²) in [4.78, 5) is 15.3. The molecular formula is C10H17N3O. The first-order chi connectivity index (χ1) is 6.72. The Hall–Kier alpha value is -1.32. The second kappa shape index (κ2) is 5.42. The molecule has 1 atom stereocenters. The number of amides is 1. The van der Waals surface area contributed by atoms with E-state index in [0.29, 0.717) is 13.0 Å². The van der Waals surface area contributed by atoms with E-state index in [1.807, 2.05) is 26.3 Å². The highest BCUT2D eigenvalue weighted by Gasteiger charge is 2.08. The van der Waals surface area contributed by atoms with Crippen LogP contribution in [0.1, 0.15) is 26.7 Å². The summed E-state index contributed by atoms with van der Waals surface area (Å²) in [5.74, 6) is 0.106. The van der Waals surface area contributed by atoms with Gasteiger partial charge in [-0.1, -0.05) is 6.92 Å². The van der Waals surface area contributed by atoms with E-state index < -0.39 is 0 Å². The van der Waals surface area contributed by atoms with E-state index in [2.05, 4.69) is 15.6 Å². The number of carbonyl (C=O) groups is 1. The normalized spacial score (nSPS) is 19.9. The minimum atomic E-state index is 0.106. The van der Waals surface area contributed by atoms with Crippen LogP contribution in [0.2, 0.25) is 0 Å². The third kappa shape index (κ3) is 3.60. The van der Waals surface area contributed by atoms with Crippen molar-refractivity contribution in [3.05, 3.63) is 11.9 Å². The maximum atomic E-state index is 11.2. The molecule has 0 fully saturated rings. The number of rotatable bonds is 4. The molecule has 1 unspecified atom stereocenters. The first-order valence-corrected chi connectivity index (χ1v) is 4.96. The molecule has 1 heterocycles. The van der Waals surface area contributed by atoms with Gasteiger partial charge in [0.2, 0.25) is 5.91 Å². The van der Waals surface area contributed by atoms with Crippen LogP contribution in [0.15, 0.2) is 16.9 Å². The highest BCUT2D eigenvalue weighted by atomic mass is 16.1. The Morgan fingerprint density at radius 2 is 2.50 bits per heavy atom. The average Bonchev–Trinajstić information content (AvgIpc) is 2.17. The van der Waals surface area contributed by atoms with Gasteiger partial charge in [0.15, 0.2) is 0 Å². The molecule has 0 aromatic rings. The second-order valence-corrected chi connectivity index (χ2v) is 3.39. The van der Waals surface area contributed by atoms with Gasteiger partial charge in [-0.05, 0) is 13.3 Å². The van der Waals surface area contributed by atoms with E-state index >= 15 is 0 Å². The van der Waals surface area contributed by atoms with Crippen molar-refractivity contribution in [1.82, 2.24) is 10.6 Å². The fraction of sp³-hybridized carbons (Fsp3) is 0.600. The zero-order valence-electron chi connectivity index (χ0n) is 8.71. The number of hydrogen-bond donors (Lipinski definition) is 2. The lowest BCUT2D eigenvalue weighted by atomic mass is 10.2. The van der Waals surface area contributed by atoms with E-state index in [9.17, 15) is 4.79 Å². The summed E-state index contributed by atoms with van der Waals surface area (Å²) in [5, 5.41) is 5.99. The van der Waals surface area contributed by atoms with Gasteiger partial charge in [0.25, 0.3) is 0 Å². The molecule has 1 rings (SSSR count). The van der Waals surface area contributed by atoms with Crippen LogP contribution in [0.25, 0.3) is 0 Å². The highest BCUT2D eigenvalue weighted by molar-refractivity contribution is 5.77. The number of nitrogens with one attached hydrogen (secondary N) is 2. The van der Waals surface area contributed by atoms with Crippen LogP contribution in [0.4, 0.5) is 0 Å². The summed E-state index contributed by atoms with van der Waals surface area (Å²) < 4.78 is 0. The Kier molecular flexibility index (Phi) is 4.16. The first-order valence-electron chi connectivity index (χ1n) is 4.96. The number of aliphatic imine (C=N–C) groups is 1. The van der Waals surface area contributed by atoms with Crippen LogP contribution in [0, 0.1) is 0 Å². The van der Waals surface area contributed by atoms with Crippen molar-refractivity contribution in [1.29, 1.82) is 0 Å². The Morgan fingerprint density at radius 1 is 1.71 bits per heavy atom. The Bertz CT molecular complexity index is 258. The van der Waals surface area contributed by atoms with Crippen LogP contribution < -0.4 is 10.6 Å². The number of hydrogen-bond acceptors (Lipinski definition) is 3. The van der Waals surface area contributed by atoms with E-state index in [1.54, 1.807) is 0 Å². The third-order valence-electron chi connectivity index (χ3n) is 1.96. The van der Waals surface area contributed by atoms with E-state index in [-0.39, 0.29) is 11.9 Å². The summed E-state index contributed by atoms with van der Waals surface area (Å²) in [5.41, 5.74) is 0.959. The molecule has 0 bridgehead atoms.